The Labute approximate surface area is 248 Å². The summed E-state index contributed by atoms with van der Waals surface area (Å²) in [6, 6.07) is 10.6. The maximum absolute atomic E-state index is 15.9. The van der Waals surface area contributed by atoms with Crippen LogP contribution in [0, 0.1) is 30.0 Å². The smallest absolute Gasteiger partial charge is 0.335 e. The van der Waals surface area contributed by atoms with Crippen LogP contribution in [-0.4, -0.2) is 35.0 Å². The molecule has 2 heterocycles. The van der Waals surface area contributed by atoms with Crippen LogP contribution in [0.1, 0.15) is 66.7 Å². The number of aryl methyl sites for hydroxylation is 1. The van der Waals surface area contributed by atoms with Crippen molar-refractivity contribution in [1.82, 2.24) is 4.98 Å². The minimum atomic E-state index is -1.30. The molecule has 3 N–H and O–H groups in total. The number of rotatable bonds is 6. The van der Waals surface area contributed by atoms with Gasteiger partial charge in [-0.3, -0.25) is 14.6 Å². The van der Waals surface area contributed by atoms with Gasteiger partial charge in [-0.15, -0.1) is 0 Å². The standard InChI is InChI=1S/C32H33ClFN3O5/c1-16-11-24-21(15-35-16)32(30(41)37-24)18(14-31(2,3)4)13-20(26(32)19-7-6-8-22(33)27(19)34)28(38)36-23-10-9-17(29(39)40)12-25(23)42-5/h6-12,15,18,20,26H,13-14H2,1-5H3,(H,36,38)(H,37,41)(H,39,40)/t18-,20+,26-,32-/m0/s1. The van der Waals surface area contributed by atoms with E-state index in [1.165, 1.54) is 31.4 Å². The predicted octanol–water partition coefficient (Wildman–Crippen LogP) is 6.57. The fourth-order valence-electron chi connectivity index (χ4n) is 6.87. The van der Waals surface area contributed by atoms with Gasteiger partial charge in [0.15, 0.2) is 0 Å². The van der Waals surface area contributed by atoms with Crippen molar-refractivity contribution in [3.8, 4) is 5.75 Å². The highest BCUT2D eigenvalue weighted by molar-refractivity contribution is 6.30. The summed E-state index contributed by atoms with van der Waals surface area (Å²) in [4.78, 5) is 44.5. The number of aromatic nitrogens is 1. The average molecular weight is 594 g/mol. The Morgan fingerprint density at radius 3 is 2.64 bits per heavy atom. The molecule has 4 atom stereocenters. The van der Waals surface area contributed by atoms with E-state index in [-0.39, 0.29) is 51.2 Å². The van der Waals surface area contributed by atoms with Gasteiger partial charge in [-0.2, -0.15) is 0 Å². The topological polar surface area (TPSA) is 118 Å². The zero-order chi connectivity index (χ0) is 30.6. The number of aromatic carboxylic acids is 1. The number of halogens is 2. The molecule has 0 bridgehead atoms. The van der Waals surface area contributed by atoms with Gasteiger partial charge in [-0.1, -0.05) is 44.5 Å². The molecule has 0 radical (unpaired) electrons. The summed E-state index contributed by atoms with van der Waals surface area (Å²) < 4.78 is 21.3. The molecule has 0 unspecified atom stereocenters. The van der Waals surface area contributed by atoms with Crippen LogP contribution in [0.15, 0.2) is 48.7 Å². The van der Waals surface area contributed by atoms with Gasteiger partial charge in [-0.05, 0) is 67.0 Å². The van der Waals surface area contributed by atoms with Crippen molar-refractivity contribution in [2.75, 3.05) is 17.7 Å². The number of carbonyl (C=O) groups is 3. The lowest BCUT2D eigenvalue weighted by atomic mass is 9.62. The highest BCUT2D eigenvalue weighted by Crippen LogP contribution is 2.64. The molecule has 5 rings (SSSR count). The first-order chi connectivity index (χ1) is 19.8. The second-order valence-corrected chi connectivity index (χ2v) is 12.7. The summed E-state index contributed by atoms with van der Waals surface area (Å²) in [5.41, 5.74) is 0.867. The normalized spacial score (nSPS) is 23.0. The molecule has 1 aliphatic heterocycles. The van der Waals surface area contributed by atoms with Crippen LogP contribution in [0.5, 0.6) is 5.75 Å². The van der Waals surface area contributed by atoms with Gasteiger partial charge < -0.3 is 20.5 Å². The number of nitrogens with one attached hydrogen (secondary N) is 2. The number of amides is 2. The molecule has 1 fully saturated rings. The largest absolute Gasteiger partial charge is 0.495 e. The molecule has 3 aromatic rings. The monoisotopic (exact) mass is 593 g/mol. The van der Waals surface area contributed by atoms with Crippen LogP contribution >= 0.6 is 11.6 Å². The average Bonchev–Trinajstić information content (AvgIpc) is 3.39. The molecular formula is C32H33ClFN3O5. The Morgan fingerprint density at radius 2 is 1.98 bits per heavy atom. The molecule has 1 aromatic heterocycles. The molecule has 220 valence electrons. The van der Waals surface area contributed by atoms with E-state index in [2.05, 4.69) is 36.4 Å². The summed E-state index contributed by atoms with van der Waals surface area (Å²) in [5.74, 6) is -4.52. The molecule has 2 amide bonds. The van der Waals surface area contributed by atoms with Crippen molar-refractivity contribution in [2.45, 2.75) is 51.9 Å². The molecule has 8 nitrogen and oxygen atoms in total. The number of methoxy groups -OCH3 is 1. The molecule has 1 aliphatic carbocycles. The van der Waals surface area contributed by atoms with E-state index in [1.54, 1.807) is 24.4 Å². The number of hydrogen-bond acceptors (Lipinski definition) is 5. The molecule has 2 aliphatic rings. The molecule has 42 heavy (non-hydrogen) atoms. The van der Waals surface area contributed by atoms with Gasteiger partial charge >= 0.3 is 5.97 Å². The van der Waals surface area contributed by atoms with Gasteiger partial charge in [0, 0.05) is 35.0 Å². The number of anilines is 2. The summed E-state index contributed by atoms with van der Waals surface area (Å²) in [7, 11) is 1.37. The zero-order valence-corrected chi connectivity index (χ0v) is 24.8. The van der Waals surface area contributed by atoms with E-state index in [9.17, 15) is 19.5 Å². The first-order valence-corrected chi connectivity index (χ1v) is 14.1. The Balaban J connectivity index is 1.70. The number of carboxylic acid groups (broad SMARTS) is 1. The third-order valence-corrected chi connectivity index (χ3v) is 8.70. The second kappa shape index (κ2) is 10.7. The number of carboxylic acids is 1. The van der Waals surface area contributed by atoms with Crippen molar-refractivity contribution in [2.24, 2.45) is 17.3 Å². The van der Waals surface area contributed by atoms with Crippen molar-refractivity contribution < 1.29 is 28.6 Å². The minimum absolute atomic E-state index is 0.00388. The Bertz CT molecular complexity index is 1600. The Hall–Kier alpha value is -3.98. The van der Waals surface area contributed by atoms with E-state index in [0.29, 0.717) is 23.4 Å². The van der Waals surface area contributed by atoms with Crippen LogP contribution in [0.3, 0.4) is 0 Å². The lowest BCUT2D eigenvalue weighted by Gasteiger charge is -2.38. The van der Waals surface area contributed by atoms with Crippen LogP contribution in [0.4, 0.5) is 15.8 Å². The lowest BCUT2D eigenvalue weighted by molar-refractivity contribution is -0.123. The number of ether oxygens (including phenoxy) is 1. The van der Waals surface area contributed by atoms with Crippen LogP contribution in [0.2, 0.25) is 5.02 Å². The lowest BCUT2D eigenvalue weighted by Crippen LogP contribution is -2.45. The number of carbonyl (C=O) groups excluding carboxylic acids is 2. The van der Waals surface area contributed by atoms with Gasteiger partial charge in [0.1, 0.15) is 11.6 Å². The van der Waals surface area contributed by atoms with Gasteiger partial charge in [0.05, 0.1) is 28.8 Å². The summed E-state index contributed by atoms with van der Waals surface area (Å²) in [6.45, 7) is 8.03. The summed E-state index contributed by atoms with van der Waals surface area (Å²) in [6.07, 6.45) is 2.53. The van der Waals surface area contributed by atoms with E-state index < -0.39 is 34.9 Å². The molecule has 0 saturated heterocycles. The number of fused-ring (bicyclic) bond motifs is 2. The number of benzene rings is 2. The quantitative estimate of drug-likeness (QED) is 0.297. The minimum Gasteiger partial charge on any atom is -0.495 e. The van der Waals surface area contributed by atoms with E-state index in [0.717, 1.165) is 0 Å². The fraction of sp³-hybridized carbons (Fsp3) is 0.375. The fourth-order valence-corrected chi connectivity index (χ4v) is 7.05. The predicted molar refractivity (Wildman–Crippen MR) is 158 cm³/mol. The number of nitrogens with zero attached hydrogens (tertiary/aromatic N) is 1. The van der Waals surface area contributed by atoms with E-state index in [1.807, 2.05) is 6.92 Å². The summed E-state index contributed by atoms with van der Waals surface area (Å²) in [5, 5.41) is 15.2. The Morgan fingerprint density at radius 1 is 1.24 bits per heavy atom. The number of pyridine rings is 1. The van der Waals surface area contributed by atoms with Crippen LogP contribution < -0.4 is 15.4 Å². The van der Waals surface area contributed by atoms with Crippen molar-refractivity contribution in [3.05, 3.63) is 81.9 Å². The third-order valence-electron chi connectivity index (χ3n) is 8.40. The summed E-state index contributed by atoms with van der Waals surface area (Å²) >= 11 is 6.27. The van der Waals surface area contributed by atoms with Crippen LogP contribution in [-0.2, 0) is 15.0 Å². The first kappa shape index (κ1) is 29.5. The van der Waals surface area contributed by atoms with Gasteiger partial charge in [0.25, 0.3) is 0 Å². The molecule has 1 spiro atoms. The zero-order valence-electron chi connectivity index (χ0n) is 24.0. The van der Waals surface area contributed by atoms with Gasteiger partial charge in [0.2, 0.25) is 11.8 Å². The van der Waals surface area contributed by atoms with Crippen molar-refractivity contribution >= 4 is 40.8 Å². The Kier molecular flexibility index (Phi) is 7.51. The van der Waals surface area contributed by atoms with Crippen molar-refractivity contribution in [1.29, 1.82) is 0 Å². The molecular weight excluding hydrogens is 561 g/mol. The van der Waals surface area contributed by atoms with E-state index in [4.69, 9.17) is 16.3 Å². The SMILES string of the molecule is COc1cc(C(=O)O)ccc1NC(=O)[C@@H]1C[C@@H](CC(C)(C)C)[C@@]2(C(=O)Nc3cc(C)ncc32)[C@H]1c1cccc(Cl)c1F. The molecule has 2 aromatic carbocycles. The number of hydrogen-bond donors (Lipinski definition) is 3. The maximum Gasteiger partial charge on any atom is 0.335 e. The molecule has 10 heteroatoms. The highest BCUT2D eigenvalue weighted by Gasteiger charge is 2.66. The van der Waals surface area contributed by atoms with E-state index >= 15 is 4.39 Å². The second-order valence-electron chi connectivity index (χ2n) is 12.3. The van der Waals surface area contributed by atoms with Gasteiger partial charge in [-0.25, -0.2) is 9.18 Å². The van der Waals surface area contributed by atoms with Crippen LogP contribution in [0.25, 0.3) is 0 Å². The maximum atomic E-state index is 15.9. The van der Waals surface area contributed by atoms with Crippen molar-refractivity contribution in [3.63, 3.8) is 0 Å². The highest BCUT2D eigenvalue weighted by atomic mass is 35.5. The third kappa shape index (κ3) is 4.89. The molecule has 1 saturated carbocycles. The first-order valence-electron chi connectivity index (χ1n) is 13.7.